The van der Waals surface area contributed by atoms with Crippen LogP contribution in [0.3, 0.4) is 0 Å². The van der Waals surface area contributed by atoms with Crippen molar-refractivity contribution in [2.24, 2.45) is 0 Å². The van der Waals surface area contributed by atoms with Gasteiger partial charge in [0.25, 0.3) is 0 Å². The van der Waals surface area contributed by atoms with Gasteiger partial charge in [-0.1, -0.05) is 6.58 Å². The fourth-order valence-electron chi connectivity index (χ4n) is 0.313. The van der Waals surface area contributed by atoms with Gasteiger partial charge < -0.3 is 14.2 Å². The molecule has 0 aliphatic carbocycles. The van der Waals surface area contributed by atoms with E-state index in [1.54, 1.807) is 0 Å². The highest BCUT2D eigenvalue weighted by molar-refractivity contribution is 5.67. The van der Waals surface area contributed by atoms with Crippen LogP contribution in [-0.2, 0) is 28.6 Å². The van der Waals surface area contributed by atoms with Gasteiger partial charge in [-0.15, -0.1) is 0 Å². The van der Waals surface area contributed by atoms with E-state index in [-0.39, 0.29) is 12.8 Å². The molecule has 0 unspecified atom stereocenters. The van der Waals surface area contributed by atoms with Gasteiger partial charge >= 0.3 is 17.9 Å². The monoisotopic (exact) mass is 218 g/mol. The van der Waals surface area contributed by atoms with Crippen molar-refractivity contribution in [2.45, 2.75) is 20.8 Å². The summed E-state index contributed by atoms with van der Waals surface area (Å²) >= 11 is 0. The number of hydrogen-bond acceptors (Lipinski definition) is 6. The zero-order valence-corrected chi connectivity index (χ0v) is 8.94. The van der Waals surface area contributed by atoms with Gasteiger partial charge in [0.1, 0.15) is 0 Å². The van der Waals surface area contributed by atoms with Gasteiger partial charge in [0.15, 0.2) is 0 Å². The molecule has 0 aliphatic rings. The topological polar surface area (TPSA) is 78.9 Å². The summed E-state index contributed by atoms with van der Waals surface area (Å²) in [5, 5.41) is 0. The second-order valence-electron chi connectivity index (χ2n) is 2.17. The fraction of sp³-hybridized carbons (Fsp3) is 0.444. The van der Waals surface area contributed by atoms with Gasteiger partial charge in [0.2, 0.25) is 6.79 Å². The van der Waals surface area contributed by atoms with Crippen LogP contribution in [0.1, 0.15) is 20.8 Å². The first-order valence-corrected chi connectivity index (χ1v) is 3.95. The Hall–Kier alpha value is -1.85. The normalized spacial score (nSPS) is 7.67. The van der Waals surface area contributed by atoms with Gasteiger partial charge in [-0.3, -0.25) is 14.4 Å². The molecular weight excluding hydrogens is 204 g/mol. The first kappa shape index (κ1) is 15.6. The van der Waals surface area contributed by atoms with E-state index in [4.69, 9.17) is 0 Å². The molecule has 0 aromatic heterocycles. The van der Waals surface area contributed by atoms with E-state index in [2.05, 4.69) is 20.8 Å². The van der Waals surface area contributed by atoms with E-state index in [1.807, 2.05) is 0 Å². The number of esters is 3. The standard InChI is InChI=1S/C5H8O4.C4H6O2/c1-4(6)8-3-9-5(2)7;1-3-6-4(2)5/h3H2,1-2H3;3H,1H2,2H3. The number of carbonyl (C=O) groups excluding carboxylic acids is 3. The lowest BCUT2D eigenvalue weighted by Crippen LogP contribution is -2.07. The van der Waals surface area contributed by atoms with E-state index in [9.17, 15) is 14.4 Å². The van der Waals surface area contributed by atoms with E-state index in [1.165, 1.54) is 20.8 Å². The second kappa shape index (κ2) is 10.2. The zero-order valence-electron chi connectivity index (χ0n) is 8.94. The SMILES string of the molecule is C=COC(C)=O.CC(=O)OCOC(C)=O. The molecule has 0 amide bonds. The van der Waals surface area contributed by atoms with Crippen LogP contribution in [-0.4, -0.2) is 24.7 Å². The third-order valence-corrected chi connectivity index (χ3v) is 0.774. The maximum Gasteiger partial charge on any atom is 0.307 e. The summed E-state index contributed by atoms with van der Waals surface area (Å²) in [5.41, 5.74) is 0. The lowest BCUT2D eigenvalue weighted by molar-refractivity contribution is -0.164. The van der Waals surface area contributed by atoms with Gasteiger partial charge in [-0.05, 0) is 0 Å². The van der Waals surface area contributed by atoms with Crippen molar-refractivity contribution < 1.29 is 28.6 Å². The highest BCUT2D eigenvalue weighted by Gasteiger charge is 1.93. The largest absolute Gasteiger partial charge is 0.435 e. The fourth-order valence-corrected chi connectivity index (χ4v) is 0.313. The summed E-state index contributed by atoms with van der Waals surface area (Å²) in [6.45, 7) is 6.67. The van der Waals surface area contributed by atoms with Crippen LogP contribution in [0.25, 0.3) is 0 Å². The Morgan fingerprint density at radius 3 is 1.53 bits per heavy atom. The van der Waals surface area contributed by atoms with Gasteiger partial charge in [-0.2, -0.15) is 0 Å². The Morgan fingerprint density at radius 2 is 1.40 bits per heavy atom. The molecule has 0 aromatic carbocycles. The summed E-state index contributed by atoms with van der Waals surface area (Å²) in [5.74, 6) is -1.25. The minimum atomic E-state index is -0.462. The van der Waals surface area contributed by atoms with Crippen LogP contribution in [0, 0.1) is 0 Å². The Labute approximate surface area is 87.8 Å². The molecule has 0 aromatic rings. The molecule has 0 fully saturated rings. The lowest BCUT2D eigenvalue weighted by Gasteiger charge is -1.99. The maximum atomic E-state index is 10.0. The summed E-state index contributed by atoms with van der Waals surface area (Å²) in [7, 11) is 0. The molecule has 0 aliphatic heterocycles. The molecule has 0 bridgehead atoms. The molecule has 6 heteroatoms. The molecule has 0 N–H and O–H groups in total. The predicted octanol–water partition coefficient (Wildman–Crippen LogP) is 0.763. The average Bonchev–Trinajstić information content (AvgIpc) is 2.03. The minimum absolute atomic E-state index is 0.287. The number of carbonyl (C=O) groups is 3. The van der Waals surface area contributed by atoms with E-state index in [0.717, 1.165) is 6.26 Å². The number of hydrogen-bond donors (Lipinski definition) is 0. The summed E-state index contributed by atoms with van der Waals surface area (Å²) in [6, 6.07) is 0. The summed E-state index contributed by atoms with van der Waals surface area (Å²) in [6.07, 6.45) is 1.10. The van der Waals surface area contributed by atoms with Crippen LogP contribution in [0.2, 0.25) is 0 Å². The molecule has 0 atom stereocenters. The van der Waals surface area contributed by atoms with Crippen molar-refractivity contribution in [3.8, 4) is 0 Å². The predicted molar refractivity (Wildman–Crippen MR) is 50.4 cm³/mol. The molecule has 0 heterocycles. The highest BCUT2D eigenvalue weighted by atomic mass is 16.7. The van der Waals surface area contributed by atoms with Crippen LogP contribution < -0.4 is 0 Å². The zero-order chi connectivity index (χ0) is 12.3. The third-order valence-electron chi connectivity index (χ3n) is 0.774. The number of rotatable bonds is 3. The molecule has 0 radical (unpaired) electrons. The lowest BCUT2D eigenvalue weighted by atomic mass is 10.8. The average molecular weight is 218 g/mol. The summed E-state index contributed by atoms with van der Waals surface area (Å²) in [4.78, 5) is 29.8. The van der Waals surface area contributed by atoms with Crippen LogP contribution in [0.4, 0.5) is 0 Å². The van der Waals surface area contributed by atoms with E-state index >= 15 is 0 Å². The highest BCUT2D eigenvalue weighted by Crippen LogP contribution is 1.79. The van der Waals surface area contributed by atoms with Crippen molar-refractivity contribution in [1.29, 1.82) is 0 Å². The quantitative estimate of drug-likeness (QED) is 0.395. The third kappa shape index (κ3) is 24.5. The van der Waals surface area contributed by atoms with Crippen molar-refractivity contribution in [3.63, 3.8) is 0 Å². The van der Waals surface area contributed by atoms with Crippen molar-refractivity contribution in [2.75, 3.05) is 6.79 Å². The molecule has 6 nitrogen and oxygen atoms in total. The van der Waals surface area contributed by atoms with Crippen molar-refractivity contribution in [1.82, 2.24) is 0 Å². The maximum absolute atomic E-state index is 10.0. The molecular formula is C9H14O6. The van der Waals surface area contributed by atoms with Crippen molar-refractivity contribution in [3.05, 3.63) is 12.8 Å². The minimum Gasteiger partial charge on any atom is -0.435 e. The molecule has 86 valence electrons. The first-order valence-electron chi connectivity index (χ1n) is 3.95. The second-order valence-corrected chi connectivity index (χ2v) is 2.17. The van der Waals surface area contributed by atoms with Crippen LogP contribution >= 0.6 is 0 Å². The smallest absolute Gasteiger partial charge is 0.307 e. The molecule has 0 spiro atoms. The van der Waals surface area contributed by atoms with E-state index in [0.29, 0.717) is 0 Å². The molecule has 0 saturated carbocycles. The van der Waals surface area contributed by atoms with Gasteiger partial charge in [0, 0.05) is 20.8 Å². The molecule has 15 heavy (non-hydrogen) atoms. The Kier molecular flexibility index (Phi) is 10.7. The first-order chi connectivity index (χ1) is 6.90. The van der Waals surface area contributed by atoms with Gasteiger partial charge in [-0.25, -0.2) is 0 Å². The Bertz CT molecular complexity index is 219. The van der Waals surface area contributed by atoms with Crippen molar-refractivity contribution >= 4 is 17.9 Å². The Balaban J connectivity index is 0. The van der Waals surface area contributed by atoms with E-state index < -0.39 is 11.9 Å². The van der Waals surface area contributed by atoms with Crippen LogP contribution in [0.5, 0.6) is 0 Å². The summed E-state index contributed by atoms with van der Waals surface area (Å²) < 4.78 is 12.7. The van der Waals surface area contributed by atoms with Crippen LogP contribution in [0.15, 0.2) is 12.8 Å². The molecule has 0 saturated heterocycles. The number of ether oxygens (including phenoxy) is 3. The molecule has 0 rings (SSSR count). The Morgan fingerprint density at radius 1 is 1.00 bits per heavy atom. The van der Waals surface area contributed by atoms with Gasteiger partial charge in [0.05, 0.1) is 6.26 Å².